The third-order valence-corrected chi connectivity index (χ3v) is 3.81. The summed E-state index contributed by atoms with van der Waals surface area (Å²) in [6.07, 6.45) is -2.24. The molecule has 2 aromatic rings. The number of halogens is 4. The SMILES string of the molecule is Cc1cc(NC(=O)/C=C/c2ccc(Cl)c(C(F)(F)F)c2)ccc1C(N)=O. The molecule has 4 nitrogen and oxygen atoms in total. The zero-order valence-electron chi connectivity index (χ0n) is 13.5. The van der Waals surface area contributed by atoms with Gasteiger partial charge in [-0.3, -0.25) is 9.59 Å². The van der Waals surface area contributed by atoms with E-state index in [1.807, 2.05) is 0 Å². The molecule has 0 spiro atoms. The Morgan fingerprint density at radius 1 is 1.15 bits per heavy atom. The second-order valence-electron chi connectivity index (χ2n) is 5.45. The van der Waals surface area contributed by atoms with Crippen molar-refractivity contribution in [2.24, 2.45) is 5.73 Å². The molecular weight excluding hydrogens is 369 g/mol. The summed E-state index contributed by atoms with van der Waals surface area (Å²) in [5, 5.41) is 2.14. The molecule has 0 aliphatic rings. The van der Waals surface area contributed by atoms with Gasteiger partial charge in [0.1, 0.15) is 0 Å². The quantitative estimate of drug-likeness (QED) is 0.768. The number of anilines is 1. The highest BCUT2D eigenvalue weighted by molar-refractivity contribution is 6.31. The van der Waals surface area contributed by atoms with Gasteiger partial charge in [-0.15, -0.1) is 0 Å². The number of alkyl halides is 3. The maximum atomic E-state index is 12.8. The normalized spacial score (nSPS) is 11.6. The van der Waals surface area contributed by atoms with Gasteiger partial charge in [0.15, 0.2) is 0 Å². The van der Waals surface area contributed by atoms with E-state index >= 15 is 0 Å². The molecule has 0 heterocycles. The van der Waals surface area contributed by atoms with Crippen molar-refractivity contribution in [3.63, 3.8) is 0 Å². The van der Waals surface area contributed by atoms with Gasteiger partial charge in [-0.05, 0) is 54.5 Å². The van der Waals surface area contributed by atoms with Crippen LogP contribution in [-0.4, -0.2) is 11.8 Å². The predicted molar refractivity (Wildman–Crippen MR) is 93.8 cm³/mol. The van der Waals surface area contributed by atoms with E-state index in [4.69, 9.17) is 17.3 Å². The highest BCUT2D eigenvalue weighted by Crippen LogP contribution is 2.35. The van der Waals surface area contributed by atoms with Gasteiger partial charge in [0.05, 0.1) is 10.6 Å². The Bertz CT molecular complexity index is 892. The Morgan fingerprint density at radius 3 is 2.42 bits per heavy atom. The van der Waals surface area contributed by atoms with Crippen LogP contribution < -0.4 is 11.1 Å². The zero-order valence-corrected chi connectivity index (χ0v) is 14.3. The lowest BCUT2D eigenvalue weighted by molar-refractivity contribution is -0.137. The van der Waals surface area contributed by atoms with Gasteiger partial charge < -0.3 is 11.1 Å². The molecule has 0 aromatic heterocycles. The van der Waals surface area contributed by atoms with Gasteiger partial charge in [-0.1, -0.05) is 17.7 Å². The Hall–Kier alpha value is -2.80. The molecule has 0 fully saturated rings. The fourth-order valence-electron chi connectivity index (χ4n) is 2.24. The van der Waals surface area contributed by atoms with Crippen LogP contribution in [0.15, 0.2) is 42.5 Å². The van der Waals surface area contributed by atoms with Crippen LogP contribution in [0, 0.1) is 6.92 Å². The number of hydrogen-bond donors (Lipinski definition) is 2. The van der Waals surface area contributed by atoms with E-state index in [1.165, 1.54) is 24.3 Å². The zero-order chi connectivity index (χ0) is 19.5. The molecule has 136 valence electrons. The highest BCUT2D eigenvalue weighted by Gasteiger charge is 2.33. The van der Waals surface area contributed by atoms with Crippen molar-refractivity contribution in [2.75, 3.05) is 5.32 Å². The molecular formula is C18H14ClF3N2O2. The fourth-order valence-corrected chi connectivity index (χ4v) is 2.46. The third-order valence-electron chi connectivity index (χ3n) is 3.48. The topological polar surface area (TPSA) is 72.2 Å². The number of nitrogens with one attached hydrogen (secondary N) is 1. The van der Waals surface area contributed by atoms with Crippen molar-refractivity contribution in [3.8, 4) is 0 Å². The second kappa shape index (κ2) is 7.61. The summed E-state index contributed by atoms with van der Waals surface area (Å²) in [5.74, 6) is -1.12. The molecule has 0 atom stereocenters. The van der Waals surface area contributed by atoms with Crippen LogP contribution in [0.25, 0.3) is 6.08 Å². The maximum absolute atomic E-state index is 12.8. The summed E-state index contributed by atoms with van der Waals surface area (Å²) in [5.41, 5.74) is 5.76. The minimum absolute atomic E-state index is 0.178. The first kappa shape index (κ1) is 19.5. The summed E-state index contributed by atoms with van der Waals surface area (Å²) in [6.45, 7) is 1.66. The van der Waals surface area contributed by atoms with Gasteiger partial charge in [-0.25, -0.2) is 0 Å². The summed E-state index contributed by atoms with van der Waals surface area (Å²) in [6, 6.07) is 7.89. The monoisotopic (exact) mass is 382 g/mol. The largest absolute Gasteiger partial charge is 0.417 e. The van der Waals surface area contributed by atoms with Gasteiger partial charge in [0, 0.05) is 17.3 Å². The first-order valence-corrected chi connectivity index (χ1v) is 7.72. The van der Waals surface area contributed by atoms with E-state index in [2.05, 4.69) is 5.32 Å². The number of carbonyl (C=O) groups excluding carboxylic acids is 2. The fraction of sp³-hybridized carbons (Fsp3) is 0.111. The molecule has 8 heteroatoms. The lowest BCUT2D eigenvalue weighted by Crippen LogP contribution is -2.13. The van der Waals surface area contributed by atoms with Crippen LogP contribution in [0.5, 0.6) is 0 Å². The highest BCUT2D eigenvalue weighted by atomic mass is 35.5. The Morgan fingerprint density at radius 2 is 1.85 bits per heavy atom. The van der Waals surface area contributed by atoms with Crippen LogP contribution in [-0.2, 0) is 11.0 Å². The smallest absolute Gasteiger partial charge is 0.366 e. The standard InChI is InChI=1S/C18H14ClF3N2O2/c1-10-8-12(4-5-13(10)17(23)26)24-16(25)7-3-11-2-6-15(19)14(9-11)18(20,21)22/h2-9H,1H3,(H2,23,26)(H,24,25)/b7-3+. The van der Waals surface area contributed by atoms with Crippen LogP contribution in [0.4, 0.5) is 18.9 Å². The average Bonchev–Trinajstić information content (AvgIpc) is 2.52. The summed E-state index contributed by atoms with van der Waals surface area (Å²) < 4.78 is 38.5. The number of nitrogens with two attached hydrogens (primary N) is 1. The van der Waals surface area contributed by atoms with Crippen LogP contribution in [0.2, 0.25) is 5.02 Å². The van der Waals surface area contributed by atoms with Crippen LogP contribution >= 0.6 is 11.6 Å². The molecule has 2 amide bonds. The second-order valence-corrected chi connectivity index (χ2v) is 5.86. The van der Waals surface area contributed by atoms with Gasteiger partial charge in [0.25, 0.3) is 0 Å². The van der Waals surface area contributed by atoms with Crippen molar-refractivity contribution in [1.82, 2.24) is 0 Å². The van der Waals surface area contributed by atoms with Crippen molar-refractivity contribution in [1.29, 1.82) is 0 Å². The first-order valence-electron chi connectivity index (χ1n) is 7.34. The number of rotatable bonds is 4. The Balaban J connectivity index is 2.13. The summed E-state index contributed by atoms with van der Waals surface area (Å²) >= 11 is 5.54. The number of benzene rings is 2. The summed E-state index contributed by atoms with van der Waals surface area (Å²) in [7, 11) is 0. The molecule has 0 aliphatic heterocycles. The van der Waals surface area contributed by atoms with Crippen LogP contribution in [0.1, 0.15) is 27.0 Å². The molecule has 26 heavy (non-hydrogen) atoms. The number of hydrogen-bond acceptors (Lipinski definition) is 2. The van der Waals surface area contributed by atoms with Gasteiger partial charge in [-0.2, -0.15) is 13.2 Å². The summed E-state index contributed by atoms with van der Waals surface area (Å²) in [4.78, 5) is 23.1. The van der Waals surface area contributed by atoms with E-state index in [0.717, 1.165) is 18.2 Å². The minimum atomic E-state index is -4.58. The van der Waals surface area contributed by atoms with Gasteiger partial charge in [0.2, 0.25) is 11.8 Å². The molecule has 2 aromatic carbocycles. The van der Waals surface area contributed by atoms with Crippen molar-refractivity contribution >= 4 is 35.2 Å². The van der Waals surface area contributed by atoms with E-state index in [9.17, 15) is 22.8 Å². The molecule has 0 bridgehead atoms. The lowest BCUT2D eigenvalue weighted by Gasteiger charge is -2.09. The first-order chi connectivity index (χ1) is 12.1. The minimum Gasteiger partial charge on any atom is -0.366 e. The van der Waals surface area contributed by atoms with Crippen molar-refractivity contribution < 1.29 is 22.8 Å². The molecule has 3 N–H and O–H groups in total. The van der Waals surface area contributed by atoms with E-state index in [0.29, 0.717) is 16.8 Å². The number of aryl methyl sites for hydroxylation is 1. The number of primary amides is 1. The number of amides is 2. The van der Waals surface area contributed by atoms with Crippen molar-refractivity contribution in [2.45, 2.75) is 13.1 Å². The molecule has 0 saturated carbocycles. The van der Waals surface area contributed by atoms with Crippen molar-refractivity contribution in [3.05, 3.63) is 69.8 Å². The number of carbonyl (C=O) groups is 2. The molecule has 0 radical (unpaired) electrons. The lowest BCUT2D eigenvalue weighted by atomic mass is 10.1. The van der Waals surface area contributed by atoms with E-state index < -0.39 is 28.6 Å². The van der Waals surface area contributed by atoms with E-state index in [-0.39, 0.29) is 5.56 Å². The predicted octanol–water partition coefficient (Wildman–Crippen LogP) is 4.42. The third kappa shape index (κ3) is 4.86. The molecule has 0 unspecified atom stereocenters. The molecule has 2 rings (SSSR count). The molecule has 0 aliphatic carbocycles. The van der Waals surface area contributed by atoms with E-state index in [1.54, 1.807) is 13.0 Å². The maximum Gasteiger partial charge on any atom is 0.417 e. The molecule has 0 saturated heterocycles. The average molecular weight is 383 g/mol. The van der Waals surface area contributed by atoms with Crippen LogP contribution in [0.3, 0.4) is 0 Å². The Labute approximate surface area is 152 Å². The van der Waals surface area contributed by atoms with Gasteiger partial charge >= 0.3 is 6.18 Å². The Kier molecular flexibility index (Phi) is 5.72.